The van der Waals surface area contributed by atoms with Gasteiger partial charge < -0.3 is 0 Å². The fourth-order valence-electron chi connectivity index (χ4n) is 5.10. The van der Waals surface area contributed by atoms with Gasteiger partial charge in [-0.1, -0.05) is 6.07 Å². The quantitative estimate of drug-likeness (QED) is 0.641. The summed E-state index contributed by atoms with van der Waals surface area (Å²) < 4.78 is 0. The van der Waals surface area contributed by atoms with Gasteiger partial charge in [0.1, 0.15) is 5.82 Å². The van der Waals surface area contributed by atoms with E-state index in [1.54, 1.807) is 0 Å². The molecule has 5 rings (SSSR count). The zero-order valence-corrected chi connectivity index (χ0v) is 10.8. The third-order valence-corrected chi connectivity index (χ3v) is 5.41. The van der Waals surface area contributed by atoms with E-state index in [4.69, 9.17) is 5.84 Å². The van der Waals surface area contributed by atoms with Gasteiger partial charge in [0.2, 0.25) is 0 Å². The number of rotatable bonds is 2. The number of aromatic nitrogens is 1. The van der Waals surface area contributed by atoms with Crippen LogP contribution in [-0.2, 0) is 0 Å². The van der Waals surface area contributed by atoms with Gasteiger partial charge in [0, 0.05) is 6.20 Å². The van der Waals surface area contributed by atoms with Crippen LogP contribution < -0.4 is 10.9 Å². The average Bonchev–Trinajstić information content (AvgIpc) is 2.37. The number of hydrogen-bond acceptors (Lipinski definition) is 3. The Hall–Kier alpha value is -1.09. The Morgan fingerprint density at radius 2 is 1.67 bits per heavy atom. The van der Waals surface area contributed by atoms with E-state index >= 15 is 0 Å². The molecule has 4 bridgehead atoms. The number of hydrazine groups is 1. The highest BCUT2D eigenvalue weighted by molar-refractivity contribution is 5.40. The number of nitrogens with two attached hydrogens (primary N) is 1. The molecule has 0 aromatic carbocycles. The fraction of sp³-hybridized carbons (Fsp3) is 0.667. The molecule has 18 heavy (non-hydrogen) atoms. The third kappa shape index (κ3) is 1.50. The molecule has 0 amide bonds. The highest BCUT2D eigenvalue weighted by Crippen LogP contribution is 2.57. The lowest BCUT2D eigenvalue weighted by Crippen LogP contribution is -2.63. The summed E-state index contributed by atoms with van der Waals surface area (Å²) in [5.41, 5.74) is 0.211. The van der Waals surface area contributed by atoms with E-state index in [0.717, 1.165) is 23.6 Å². The summed E-state index contributed by atoms with van der Waals surface area (Å²) in [6.07, 6.45) is 10.1. The molecule has 0 spiro atoms. The minimum atomic E-state index is 0.211. The van der Waals surface area contributed by atoms with Crippen LogP contribution in [0.25, 0.3) is 0 Å². The first-order chi connectivity index (χ1) is 8.75. The standard InChI is InChI=1S/C15H21N3/c16-18(14-3-1-2-4-17-14)15-8-11-5-12(9-15)7-13(6-11)10-15/h1-4,11-13H,5-10,16H2. The molecule has 2 N–H and O–H groups in total. The van der Waals surface area contributed by atoms with Crippen molar-refractivity contribution in [2.45, 2.75) is 44.1 Å². The Morgan fingerprint density at radius 3 is 2.17 bits per heavy atom. The highest BCUT2D eigenvalue weighted by atomic mass is 15.5. The summed E-state index contributed by atoms with van der Waals surface area (Å²) in [6.45, 7) is 0. The van der Waals surface area contributed by atoms with Crippen molar-refractivity contribution in [3.8, 4) is 0 Å². The van der Waals surface area contributed by atoms with E-state index in [0.29, 0.717) is 0 Å². The topological polar surface area (TPSA) is 42.1 Å². The van der Waals surface area contributed by atoms with Crippen LogP contribution in [0.3, 0.4) is 0 Å². The van der Waals surface area contributed by atoms with Crippen LogP contribution in [0.2, 0.25) is 0 Å². The van der Waals surface area contributed by atoms with Crippen molar-refractivity contribution in [3.63, 3.8) is 0 Å². The maximum absolute atomic E-state index is 6.46. The number of hydrogen-bond donors (Lipinski definition) is 1. The van der Waals surface area contributed by atoms with Crippen molar-refractivity contribution in [1.82, 2.24) is 4.98 Å². The summed E-state index contributed by atoms with van der Waals surface area (Å²) in [7, 11) is 0. The molecule has 3 heteroatoms. The van der Waals surface area contributed by atoms with Crippen LogP contribution in [0.5, 0.6) is 0 Å². The van der Waals surface area contributed by atoms with Gasteiger partial charge in [-0.05, 0) is 68.4 Å². The van der Waals surface area contributed by atoms with Crippen LogP contribution in [0.4, 0.5) is 5.82 Å². The van der Waals surface area contributed by atoms with Gasteiger partial charge >= 0.3 is 0 Å². The fourth-order valence-corrected chi connectivity index (χ4v) is 5.10. The van der Waals surface area contributed by atoms with Crippen LogP contribution in [0, 0.1) is 17.8 Å². The third-order valence-electron chi connectivity index (χ3n) is 5.41. The normalized spacial score (nSPS) is 41.1. The lowest BCUT2D eigenvalue weighted by Gasteiger charge is -2.59. The minimum Gasteiger partial charge on any atom is -0.289 e. The zero-order chi connectivity index (χ0) is 12.2. The number of nitrogens with zero attached hydrogens (tertiary/aromatic N) is 2. The molecule has 1 aromatic heterocycles. The molecule has 96 valence electrons. The molecule has 0 radical (unpaired) electrons. The van der Waals surface area contributed by atoms with Crippen molar-refractivity contribution in [2.75, 3.05) is 5.01 Å². The van der Waals surface area contributed by atoms with Crippen molar-refractivity contribution in [2.24, 2.45) is 23.6 Å². The lowest BCUT2D eigenvalue weighted by atomic mass is 9.53. The average molecular weight is 243 g/mol. The van der Waals surface area contributed by atoms with Crippen molar-refractivity contribution in [3.05, 3.63) is 24.4 Å². The molecule has 0 atom stereocenters. The first-order valence-corrected chi connectivity index (χ1v) is 7.21. The summed E-state index contributed by atoms with van der Waals surface area (Å²) >= 11 is 0. The van der Waals surface area contributed by atoms with Crippen molar-refractivity contribution >= 4 is 5.82 Å². The van der Waals surface area contributed by atoms with Crippen LogP contribution in [0.15, 0.2) is 24.4 Å². The Kier molecular flexibility index (Phi) is 2.22. The van der Waals surface area contributed by atoms with Gasteiger partial charge in [0.05, 0.1) is 5.54 Å². The van der Waals surface area contributed by atoms with Gasteiger partial charge in [0.25, 0.3) is 0 Å². The van der Waals surface area contributed by atoms with Crippen molar-refractivity contribution < 1.29 is 0 Å². The number of pyridine rings is 1. The molecule has 1 aromatic rings. The maximum Gasteiger partial charge on any atom is 0.142 e. The molecule has 0 aliphatic heterocycles. The van der Waals surface area contributed by atoms with Crippen molar-refractivity contribution in [1.29, 1.82) is 0 Å². The first kappa shape index (κ1) is 10.8. The maximum atomic E-state index is 6.46. The Balaban J connectivity index is 1.67. The SMILES string of the molecule is NN(c1ccccn1)C12CC3CC(CC(C3)C1)C2. The van der Waals surface area contributed by atoms with Gasteiger partial charge in [0.15, 0.2) is 0 Å². The Morgan fingerprint density at radius 1 is 1.06 bits per heavy atom. The van der Waals surface area contributed by atoms with E-state index in [9.17, 15) is 0 Å². The van der Waals surface area contributed by atoms with E-state index < -0.39 is 0 Å². The van der Waals surface area contributed by atoms with Gasteiger partial charge in [-0.3, -0.25) is 5.01 Å². The molecule has 0 saturated heterocycles. The van der Waals surface area contributed by atoms with E-state index in [1.807, 2.05) is 29.4 Å². The predicted molar refractivity (Wildman–Crippen MR) is 71.8 cm³/mol. The summed E-state index contributed by atoms with van der Waals surface area (Å²) in [5, 5.41) is 2.01. The molecule has 4 aliphatic rings. The molecule has 1 heterocycles. The van der Waals surface area contributed by atoms with E-state index in [2.05, 4.69) is 4.98 Å². The van der Waals surface area contributed by atoms with Gasteiger partial charge in [-0.2, -0.15) is 0 Å². The second-order valence-corrected chi connectivity index (χ2v) is 6.70. The lowest BCUT2D eigenvalue weighted by molar-refractivity contribution is -0.00477. The largest absolute Gasteiger partial charge is 0.289 e. The molecule has 4 aliphatic carbocycles. The zero-order valence-electron chi connectivity index (χ0n) is 10.8. The first-order valence-electron chi connectivity index (χ1n) is 7.21. The number of anilines is 1. The van der Waals surface area contributed by atoms with E-state index in [-0.39, 0.29) is 5.54 Å². The monoisotopic (exact) mass is 243 g/mol. The molecule has 4 saturated carbocycles. The van der Waals surface area contributed by atoms with Gasteiger partial charge in [-0.25, -0.2) is 10.8 Å². The minimum absolute atomic E-state index is 0.211. The second kappa shape index (κ2) is 3.70. The van der Waals surface area contributed by atoms with Crippen LogP contribution in [-0.4, -0.2) is 10.5 Å². The summed E-state index contributed by atoms with van der Waals surface area (Å²) in [6, 6.07) is 6.03. The highest BCUT2D eigenvalue weighted by Gasteiger charge is 2.53. The summed E-state index contributed by atoms with van der Waals surface area (Å²) in [4.78, 5) is 4.44. The van der Waals surface area contributed by atoms with Crippen LogP contribution in [0.1, 0.15) is 38.5 Å². The summed E-state index contributed by atoms with van der Waals surface area (Å²) in [5.74, 6) is 10.2. The molecular weight excluding hydrogens is 222 g/mol. The van der Waals surface area contributed by atoms with Gasteiger partial charge in [-0.15, -0.1) is 0 Å². The van der Waals surface area contributed by atoms with E-state index in [1.165, 1.54) is 38.5 Å². The molecule has 4 fully saturated rings. The smallest absolute Gasteiger partial charge is 0.142 e. The van der Waals surface area contributed by atoms with Crippen LogP contribution >= 0.6 is 0 Å². The predicted octanol–water partition coefficient (Wildman–Crippen LogP) is 2.73. The second-order valence-electron chi connectivity index (χ2n) is 6.70. The molecule has 3 nitrogen and oxygen atoms in total. The molecule has 0 unspecified atom stereocenters. The molecular formula is C15H21N3. The Bertz CT molecular complexity index is 407. The Labute approximate surface area is 108 Å².